The van der Waals surface area contributed by atoms with E-state index in [1.807, 2.05) is 49.4 Å². The molecule has 0 unspecified atom stereocenters. The molecule has 0 bridgehead atoms. The van der Waals surface area contributed by atoms with Crippen molar-refractivity contribution in [3.63, 3.8) is 0 Å². The fourth-order valence-corrected chi connectivity index (χ4v) is 4.46. The van der Waals surface area contributed by atoms with E-state index in [9.17, 15) is 10.1 Å². The predicted molar refractivity (Wildman–Crippen MR) is 131 cm³/mol. The summed E-state index contributed by atoms with van der Waals surface area (Å²) in [5, 5.41) is 12.9. The van der Waals surface area contributed by atoms with Crippen LogP contribution in [0.5, 0.6) is 5.75 Å². The second-order valence-electron chi connectivity index (χ2n) is 6.67. The standard InChI is InChI=1S/C24H17Br2ClN2O2/c1-15-5-2-3-8-22(15)29-24(30)18(13-28)9-17-11-20(25)23(21(26)12-17)31-14-16-6-4-7-19(27)10-16/h2-12H,14H2,1H3,(H,29,30)/b18-9+. The number of rotatable bonds is 6. The molecule has 0 heterocycles. The van der Waals surface area contributed by atoms with Gasteiger partial charge in [0, 0.05) is 10.7 Å². The van der Waals surface area contributed by atoms with Crippen LogP contribution in [0.4, 0.5) is 5.69 Å². The molecule has 0 aliphatic rings. The van der Waals surface area contributed by atoms with Crippen molar-refractivity contribution in [2.75, 3.05) is 5.32 Å². The molecular formula is C24H17Br2ClN2O2. The average molecular weight is 561 g/mol. The van der Waals surface area contributed by atoms with Gasteiger partial charge in [-0.05, 0) is 91.9 Å². The number of nitrogens with zero attached hydrogens (tertiary/aromatic N) is 1. The molecular weight excluding hydrogens is 544 g/mol. The van der Waals surface area contributed by atoms with Crippen molar-refractivity contribution in [2.45, 2.75) is 13.5 Å². The van der Waals surface area contributed by atoms with Gasteiger partial charge in [0.15, 0.2) is 0 Å². The van der Waals surface area contributed by atoms with E-state index in [0.29, 0.717) is 37.6 Å². The van der Waals surface area contributed by atoms with Crippen LogP contribution in [0.25, 0.3) is 6.08 Å². The fourth-order valence-electron chi connectivity index (χ4n) is 2.80. The smallest absolute Gasteiger partial charge is 0.266 e. The number of nitrogens with one attached hydrogen (secondary N) is 1. The van der Waals surface area contributed by atoms with Crippen LogP contribution in [0.3, 0.4) is 0 Å². The average Bonchev–Trinajstić information content (AvgIpc) is 2.73. The third-order valence-corrected chi connectivity index (χ3v) is 5.78. The van der Waals surface area contributed by atoms with Gasteiger partial charge in [0.1, 0.15) is 24.0 Å². The van der Waals surface area contributed by atoms with Gasteiger partial charge in [-0.1, -0.05) is 41.9 Å². The van der Waals surface area contributed by atoms with E-state index in [1.165, 1.54) is 6.08 Å². The Morgan fingerprint density at radius 3 is 2.48 bits per heavy atom. The van der Waals surface area contributed by atoms with Crippen molar-refractivity contribution in [2.24, 2.45) is 0 Å². The highest BCUT2D eigenvalue weighted by Crippen LogP contribution is 2.36. The molecule has 0 aromatic heterocycles. The lowest BCUT2D eigenvalue weighted by Gasteiger charge is -2.12. The number of halogens is 3. The van der Waals surface area contributed by atoms with Crippen molar-refractivity contribution >= 4 is 61.1 Å². The van der Waals surface area contributed by atoms with Gasteiger partial charge >= 0.3 is 0 Å². The van der Waals surface area contributed by atoms with Crippen LogP contribution in [0, 0.1) is 18.3 Å². The zero-order valence-electron chi connectivity index (χ0n) is 16.5. The maximum absolute atomic E-state index is 12.6. The van der Waals surface area contributed by atoms with Crippen molar-refractivity contribution in [1.29, 1.82) is 5.26 Å². The van der Waals surface area contributed by atoms with Gasteiger partial charge in [-0.3, -0.25) is 4.79 Å². The maximum atomic E-state index is 12.6. The molecule has 3 aromatic rings. The van der Waals surface area contributed by atoms with E-state index in [-0.39, 0.29) is 5.57 Å². The van der Waals surface area contributed by atoms with Gasteiger partial charge in [-0.15, -0.1) is 0 Å². The van der Waals surface area contributed by atoms with E-state index in [1.54, 1.807) is 24.3 Å². The number of hydrogen-bond acceptors (Lipinski definition) is 3. The Kier molecular flexibility index (Phi) is 7.91. The van der Waals surface area contributed by atoms with Gasteiger partial charge in [0.2, 0.25) is 0 Å². The molecule has 0 saturated carbocycles. The Bertz CT molecular complexity index is 1180. The highest BCUT2D eigenvalue weighted by molar-refractivity contribution is 9.11. The normalized spacial score (nSPS) is 11.0. The Morgan fingerprint density at radius 1 is 1.13 bits per heavy atom. The molecule has 0 spiro atoms. The van der Waals surface area contributed by atoms with E-state index in [0.717, 1.165) is 11.1 Å². The van der Waals surface area contributed by atoms with Crippen molar-refractivity contribution in [3.8, 4) is 11.8 Å². The lowest BCUT2D eigenvalue weighted by molar-refractivity contribution is -0.112. The molecule has 3 rings (SSSR count). The van der Waals surface area contributed by atoms with Gasteiger partial charge in [-0.2, -0.15) is 5.26 Å². The predicted octanol–water partition coefficient (Wildman–Crippen LogP) is 7.30. The molecule has 1 N–H and O–H groups in total. The molecule has 156 valence electrons. The molecule has 7 heteroatoms. The van der Waals surface area contributed by atoms with Crippen molar-refractivity contribution in [1.82, 2.24) is 0 Å². The summed E-state index contributed by atoms with van der Waals surface area (Å²) >= 11 is 13.0. The SMILES string of the molecule is Cc1ccccc1NC(=O)/C(C#N)=C/c1cc(Br)c(OCc2cccc(Cl)c2)c(Br)c1. The Labute approximate surface area is 202 Å². The minimum atomic E-state index is -0.467. The lowest BCUT2D eigenvalue weighted by atomic mass is 10.1. The summed E-state index contributed by atoms with van der Waals surface area (Å²) in [5.74, 6) is 0.144. The topological polar surface area (TPSA) is 62.1 Å². The summed E-state index contributed by atoms with van der Waals surface area (Å²) in [7, 11) is 0. The Balaban J connectivity index is 1.78. The molecule has 1 amide bonds. The number of para-hydroxylation sites is 1. The number of ether oxygens (including phenoxy) is 1. The molecule has 0 saturated heterocycles. The third kappa shape index (κ3) is 6.20. The summed E-state index contributed by atoms with van der Waals surface area (Å²) in [5.41, 5.74) is 3.19. The van der Waals surface area contributed by atoms with Crippen LogP contribution in [-0.2, 0) is 11.4 Å². The number of carbonyl (C=O) groups is 1. The van der Waals surface area contributed by atoms with Crippen molar-refractivity contribution < 1.29 is 9.53 Å². The van der Waals surface area contributed by atoms with Crippen LogP contribution in [-0.4, -0.2) is 5.91 Å². The number of hydrogen-bond donors (Lipinski definition) is 1. The number of nitriles is 1. The third-order valence-electron chi connectivity index (χ3n) is 4.36. The van der Waals surface area contributed by atoms with Crippen molar-refractivity contribution in [3.05, 3.63) is 96.9 Å². The number of anilines is 1. The van der Waals surface area contributed by atoms with Crippen LogP contribution < -0.4 is 10.1 Å². The molecule has 0 radical (unpaired) electrons. The summed E-state index contributed by atoms with van der Waals surface area (Å²) in [6, 6.07) is 20.4. The monoisotopic (exact) mass is 558 g/mol. The molecule has 4 nitrogen and oxygen atoms in total. The summed E-state index contributed by atoms with van der Waals surface area (Å²) in [4.78, 5) is 12.6. The zero-order valence-corrected chi connectivity index (χ0v) is 20.4. The molecule has 0 fully saturated rings. The minimum absolute atomic E-state index is 0.00495. The van der Waals surface area contributed by atoms with Gasteiger partial charge in [0.25, 0.3) is 5.91 Å². The Morgan fingerprint density at radius 2 is 1.84 bits per heavy atom. The number of amides is 1. The molecule has 0 atom stereocenters. The number of carbonyl (C=O) groups excluding carboxylic acids is 1. The first-order chi connectivity index (χ1) is 14.9. The molecule has 0 aliphatic carbocycles. The second kappa shape index (κ2) is 10.6. The van der Waals surface area contributed by atoms with Crippen LogP contribution in [0.15, 0.2) is 75.2 Å². The first-order valence-electron chi connectivity index (χ1n) is 9.22. The lowest BCUT2D eigenvalue weighted by Crippen LogP contribution is -2.14. The zero-order chi connectivity index (χ0) is 22.4. The van der Waals surface area contributed by atoms with Crippen LogP contribution in [0.1, 0.15) is 16.7 Å². The van der Waals surface area contributed by atoms with E-state index >= 15 is 0 Å². The highest BCUT2D eigenvalue weighted by atomic mass is 79.9. The summed E-state index contributed by atoms with van der Waals surface area (Å²) in [6.45, 7) is 2.23. The summed E-state index contributed by atoms with van der Waals surface area (Å²) in [6.07, 6.45) is 1.53. The van der Waals surface area contributed by atoms with Crippen LogP contribution in [0.2, 0.25) is 5.02 Å². The summed E-state index contributed by atoms with van der Waals surface area (Å²) < 4.78 is 7.29. The highest BCUT2D eigenvalue weighted by Gasteiger charge is 2.13. The van der Waals surface area contributed by atoms with Crippen LogP contribution >= 0.6 is 43.5 Å². The Hall–Kier alpha value is -2.59. The van der Waals surface area contributed by atoms with E-state index in [2.05, 4.69) is 37.2 Å². The number of benzene rings is 3. The molecule has 3 aromatic carbocycles. The van der Waals surface area contributed by atoms with Gasteiger partial charge in [0.05, 0.1) is 8.95 Å². The van der Waals surface area contributed by atoms with Gasteiger partial charge < -0.3 is 10.1 Å². The quantitative estimate of drug-likeness (QED) is 0.254. The minimum Gasteiger partial charge on any atom is -0.487 e. The second-order valence-corrected chi connectivity index (χ2v) is 8.82. The number of aryl methyl sites for hydroxylation is 1. The van der Waals surface area contributed by atoms with E-state index < -0.39 is 5.91 Å². The maximum Gasteiger partial charge on any atom is 0.266 e. The first-order valence-corrected chi connectivity index (χ1v) is 11.2. The molecule has 31 heavy (non-hydrogen) atoms. The largest absolute Gasteiger partial charge is 0.487 e. The first kappa shape index (κ1) is 23.1. The van der Waals surface area contributed by atoms with E-state index in [4.69, 9.17) is 16.3 Å². The fraction of sp³-hybridized carbons (Fsp3) is 0.0833. The van der Waals surface area contributed by atoms with Gasteiger partial charge in [-0.25, -0.2) is 0 Å². The molecule has 0 aliphatic heterocycles.